The summed E-state index contributed by atoms with van der Waals surface area (Å²) >= 11 is 0. The predicted molar refractivity (Wildman–Crippen MR) is 324 cm³/mol. The quantitative estimate of drug-likeness (QED) is 0.0272. The van der Waals surface area contributed by atoms with Gasteiger partial charge in [0.25, 0.3) is 0 Å². The largest absolute Gasteiger partial charge is 0.481 e. The van der Waals surface area contributed by atoms with E-state index in [1.165, 1.54) is 0 Å². The van der Waals surface area contributed by atoms with Crippen molar-refractivity contribution in [3.8, 4) is 0 Å². The van der Waals surface area contributed by atoms with Crippen molar-refractivity contribution in [2.24, 2.45) is 0 Å². The predicted octanol–water partition coefficient (Wildman–Crippen LogP) is -3.63. The molecule has 0 radical (unpaired) electrons. The molecule has 0 heterocycles. The summed E-state index contributed by atoms with van der Waals surface area (Å²) in [4.78, 5) is 93.5. The standard InChI is InChI=1S/C57H107N7O28/c1-57(2,3)92-56(73)64-48-54(70)63-47-53(69)62-46-52(68)61-45-51(67)60-44-50(66)59-7-11-77-15-19-81-23-27-85-31-33-87-35-37-89-39-41-91-43-42-90-40-38-88-36-34-86-32-29-82-24-20-78-16-12-74-8-4-49(65)58-6-10-76-14-18-80-22-26-84-30-28-83-25-21-79-17-13-75-9-5-55(71)72/h4-48H2,1-3H3,(H,58,65)(H,59,66)(H,60,67)(H,61,68)(H,62,69)(H,63,70)(H,64,73)(H,71,72). The molecule has 35 heteroatoms. The van der Waals surface area contributed by atoms with Crippen LogP contribution in [0.3, 0.4) is 0 Å². The monoisotopic (exact) mass is 1340 g/mol. The van der Waals surface area contributed by atoms with Gasteiger partial charge < -0.3 is 132 Å². The van der Waals surface area contributed by atoms with Gasteiger partial charge in [-0.15, -0.1) is 0 Å². The Kier molecular flexibility index (Phi) is 63.5. The van der Waals surface area contributed by atoms with Gasteiger partial charge >= 0.3 is 12.1 Å². The number of carboxylic acid groups (broad SMARTS) is 1. The average molecular weight is 1340 g/mol. The van der Waals surface area contributed by atoms with Crippen LogP contribution in [0.5, 0.6) is 0 Å². The van der Waals surface area contributed by atoms with Crippen molar-refractivity contribution in [1.29, 1.82) is 0 Å². The lowest BCUT2D eigenvalue weighted by Gasteiger charge is -2.19. The van der Waals surface area contributed by atoms with Gasteiger partial charge in [0, 0.05) is 19.5 Å². The highest BCUT2D eigenvalue weighted by atomic mass is 16.6. The van der Waals surface area contributed by atoms with Crippen LogP contribution in [-0.2, 0) is 124 Å². The van der Waals surface area contributed by atoms with Gasteiger partial charge in [-0.3, -0.25) is 33.6 Å². The minimum Gasteiger partial charge on any atom is -0.481 e. The zero-order chi connectivity index (χ0) is 67.3. The van der Waals surface area contributed by atoms with E-state index < -0.39 is 73.4 Å². The SMILES string of the molecule is CC(C)(C)OC(=O)NCC(=O)NCC(=O)NCC(=O)NCC(=O)NCC(=O)NCCOCCOCCOCCOCCOCCOCCOCCOCCOCCOCCOCCOCCC(=O)NCCOCCOCCOCCOCCOCCOCCC(=O)O. The molecule has 0 saturated carbocycles. The van der Waals surface area contributed by atoms with E-state index in [0.29, 0.717) is 225 Å². The zero-order valence-electron chi connectivity index (χ0n) is 54.3. The molecule has 0 aliphatic heterocycles. The Hall–Kier alpha value is -5.16. The Morgan fingerprint density at radius 2 is 0.424 bits per heavy atom. The van der Waals surface area contributed by atoms with Crippen LogP contribution in [0.2, 0.25) is 0 Å². The molecule has 0 bridgehead atoms. The van der Waals surface area contributed by atoms with Gasteiger partial charge in [0.05, 0.1) is 270 Å². The van der Waals surface area contributed by atoms with Crippen molar-refractivity contribution in [1.82, 2.24) is 37.2 Å². The van der Waals surface area contributed by atoms with Crippen LogP contribution in [0.1, 0.15) is 33.6 Å². The molecular formula is C57H107N7O28. The van der Waals surface area contributed by atoms with Crippen LogP contribution in [-0.4, -0.2) is 342 Å². The highest BCUT2D eigenvalue weighted by molar-refractivity contribution is 5.91. The minimum absolute atomic E-state index is 0.0231. The maximum absolute atomic E-state index is 12.0. The van der Waals surface area contributed by atoms with Gasteiger partial charge in [0.15, 0.2) is 0 Å². The van der Waals surface area contributed by atoms with Crippen LogP contribution < -0.4 is 37.2 Å². The van der Waals surface area contributed by atoms with Gasteiger partial charge in [-0.1, -0.05) is 0 Å². The molecule has 7 amide bonds. The number of rotatable bonds is 70. The normalized spacial score (nSPS) is 11.3. The first-order valence-electron chi connectivity index (χ1n) is 30.9. The smallest absolute Gasteiger partial charge is 0.408 e. The fourth-order valence-corrected chi connectivity index (χ4v) is 6.16. The molecule has 0 aromatic heterocycles. The molecule has 0 aliphatic rings. The second-order valence-electron chi connectivity index (χ2n) is 19.6. The summed E-state index contributed by atoms with van der Waals surface area (Å²) in [5, 5.41) is 25.3. The van der Waals surface area contributed by atoms with Crippen molar-refractivity contribution in [2.45, 2.75) is 39.2 Å². The number of alkyl carbamates (subject to hydrolysis) is 1. The fourth-order valence-electron chi connectivity index (χ4n) is 6.16. The molecule has 92 heavy (non-hydrogen) atoms. The van der Waals surface area contributed by atoms with E-state index in [1.54, 1.807) is 20.8 Å². The number of carbonyl (C=O) groups is 8. The van der Waals surface area contributed by atoms with Crippen molar-refractivity contribution in [3.63, 3.8) is 0 Å². The lowest BCUT2D eigenvalue weighted by atomic mass is 10.2. The summed E-state index contributed by atoms with van der Waals surface area (Å²) in [6.07, 6.45) is -0.575. The van der Waals surface area contributed by atoms with Crippen molar-refractivity contribution in [2.75, 3.05) is 284 Å². The molecule has 0 aromatic carbocycles. The van der Waals surface area contributed by atoms with Gasteiger partial charge in [-0.2, -0.15) is 0 Å². The highest BCUT2D eigenvalue weighted by Crippen LogP contribution is 2.06. The summed E-state index contributed by atoms with van der Waals surface area (Å²) in [7, 11) is 0. The number of ether oxygens (including phenoxy) is 19. The second kappa shape index (κ2) is 67.3. The lowest BCUT2D eigenvalue weighted by molar-refractivity contribution is -0.138. The molecule has 8 N–H and O–H groups in total. The topological polar surface area (TPSA) is 416 Å². The van der Waals surface area contributed by atoms with E-state index in [2.05, 4.69) is 37.2 Å². The number of amides is 7. The Bertz CT molecular complexity index is 1810. The fraction of sp³-hybridized carbons (Fsp3) is 0.860. The van der Waals surface area contributed by atoms with Crippen LogP contribution in [0.25, 0.3) is 0 Å². The first kappa shape index (κ1) is 86.8. The summed E-state index contributed by atoms with van der Waals surface area (Å²) in [5.74, 6) is -4.11. The summed E-state index contributed by atoms with van der Waals surface area (Å²) in [6.45, 7) is 17.7. The van der Waals surface area contributed by atoms with E-state index in [9.17, 15) is 38.4 Å². The molecule has 0 rings (SSSR count). The molecular weight excluding hydrogens is 1230 g/mol. The van der Waals surface area contributed by atoms with Gasteiger partial charge in [-0.25, -0.2) is 4.79 Å². The molecule has 538 valence electrons. The summed E-state index contributed by atoms with van der Waals surface area (Å²) in [5.41, 5.74) is -0.737. The van der Waals surface area contributed by atoms with Crippen LogP contribution in [0.4, 0.5) is 4.79 Å². The van der Waals surface area contributed by atoms with Crippen LogP contribution in [0.15, 0.2) is 0 Å². The zero-order valence-corrected chi connectivity index (χ0v) is 54.3. The van der Waals surface area contributed by atoms with Crippen molar-refractivity contribution >= 4 is 47.5 Å². The average Bonchev–Trinajstić information content (AvgIpc) is 3.62. The minimum atomic E-state index is -0.892. The molecule has 0 unspecified atom stereocenters. The summed E-state index contributed by atoms with van der Waals surface area (Å²) < 4.78 is 103. The third-order valence-corrected chi connectivity index (χ3v) is 10.6. The van der Waals surface area contributed by atoms with E-state index in [-0.39, 0.29) is 51.7 Å². The van der Waals surface area contributed by atoms with Gasteiger partial charge in [0.1, 0.15) is 12.1 Å². The lowest BCUT2D eigenvalue weighted by Crippen LogP contribution is -2.46. The van der Waals surface area contributed by atoms with Gasteiger partial charge in [-0.05, 0) is 20.8 Å². The van der Waals surface area contributed by atoms with Crippen LogP contribution in [0, 0.1) is 0 Å². The van der Waals surface area contributed by atoms with E-state index in [4.69, 9.17) is 95.1 Å². The first-order valence-corrected chi connectivity index (χ1v) is 30.9. The van der Waals surface area contributed by atoms with Crippen LogP contribution >= 0.6 is 0 Å². The van der Waals surface area contributed by atoms with Crippen molar-refractivity contribution in [3.05, 3.63) is 0 Å². The van der Waals surface area contributed by atoms with E-state index in [0.717, 1.165) is 0 Å². The number of hydrogen-bond acceptors (Lipinski definition) is 27. The molecule has 0 aromatic rings. The Balaban J connectivity index is 3.30. The summed E-state index contributed by atoms with van der Waals surface area (Å²) in [6, 6.07) is 0. The first-order chi connectivity index (χ1) is 44.7. The van der Waals surface area contributed by atoms with Crippen molar-refractivity contribution < 1.29 is 133 Å². The van der Waals surface area contributed by atoms with E-state index >= 15 is 0 Å². The number of hydrogen-bond donors (Lipinski definition) is 8. The third kappa shape index (κ3) is 72.3. The molecule has 0 saturated heterocycles. The molecule has 0 fully saturated rings. The molecule has 0 spiro atoms. The number of carboxylic acids is 1. The Labute approximate surface area is 539 Å². The molecule has 35 nitrogen and oxygen atoms in total. The Morgan fingerprint density at radius 3 is 0.652 bits per heavy atom. The number of nitrogens with one attached hydrogen (secondary N) is 7. The van der Waals surface area contributed by atoms with Gasteiger partial charge in [0.2, 0.25) is 35.4 Å². The van der Waals surface area contributed by atoms with E-state index in [1.807, 2.05) is 0 Å². The third-order valence-electron chi connectivity index (χ3n) is 10.6. The number of aliphatic carboxylic acids is 1. The second-order valence-corrected chi connectivity index (χ2v) is 19.6. The maximum atomic E-state index is 12.0. The molecule has 0 atom stereocenters. The number of carbonyl (C=O) groups excluding carboxylic acids is 7. The molecule has 0 aliphatic carbocycles. The maximum Gasteiger partial charge on any atom is 0.408 e. The highest BCUT2D eigenvalue weighted by Gasteiger charge is 2.17. The Morgan fingerprint density at radius 1 is 0.239 bits per heavy atom.